The van der Waals surface area contributed by atoms with Crippen LogP contribution in [0.1, 0.15) is 18.4 Å². The van der Waals surface area contributed by atoms with Crippen LogP contribution in [0, 0.1) is 5.92 Å². The second kappa shape index (κ2) is 6.00. The van der Waals surface area contributed by atoms with Crippen molar-refractivity contribution in [3.8, 4) is 5.75 Å². The highest BCUT2D eigenvalue weighted by atomic mass is 32.2. The molecule has 1 aliphatic rings. The third kappa shape index (κ3) is 3.79. The molecular weight excluding hydrogens is 302 g/mol. The summed E-state index contributed by atoms with van der Waals surface area (Å²) in [5, 5.41) is 4.18. The molecular formula is C15H19N3O3S. The number of nitrogens with zero attached hydrogens (tertiary/aromatic N) is 2. The molecule has 1 saturated carbocycles. The van der Waals surface area contributed by atoms with E-state index in [0.717, 1.165) is 6.54 Å². The molecule has 1 aliphatic carbocycles. The first-order valence-corrected chi connectivity index (χ1v) is 8.86. The van der Waals surface area contributed by atoms with E-state index in [0.29, 0.717) is 23.0 Å². The Hall–Kier alpha value is -2.02. The van der Waals surface area contributed by atoms with E-state index in [2.05, 4.69) is 9.82 Å². The first-order valence-electron chi connectivity index (χ1n) is 7.21. The van der Waals surface area contributed by atoms with Crippen molar-refractivity contribution in [1.29, 1.82) is 0 Å². The van der Waals surface area contributed by atoms with Gasteiger partial charge in [0.15, 0.2) is 0 Å². The van der Waals surface area contributed by atoms with E-state index in [1.54, 1.807) is 48.3 Å². The van der Waals surface area contributed by atoms with Crippen LogP contribution in [0.5, 0.6) is 5.75 Å². The lowest BCUT2D eigenvalue weighted by molar-refractivity contribution is 0.414. The Morgan fingerprint density at radius 3 is 2.91 bits per heavy atom. The largest absolute Gasteiger partial charge is 0.497 e. The van der Waals surface area contributed by atoms with Gasteiger partial charge in [-0.15, -0.1) is 0 Å². The summed E-state index contributed by atoms with van der Waals surface area (Å²) in [6.07, 6.45) is 4.00. The molecule has 0 atom stereocenters. The quantitative estimate of drug-likeness (QED) is 0.849. The summed E-state index contributed by atoms with van der Waals surface area (Å²) < 4.78 is 34.1. The van der Waals surface area contributed by atoms with Crippen LogP contribution in [0.3, 0.4) is 0 Å². The summed E-state index contributed by atoms with van der Waals surface area (Å²) in [6.45, 7) is 0.768. The minimum absolute atomic E-state index is 0.0984. The van der Waals surface area contributed by atoms with Gasteiger partial charge in [-0.25, -0.2) is 13.1 Å². The average molecular weight is 321 g/mol. The van der Waals surface area contributed by atoms with E-state index in [1.807, 2.05) is 0 Å². The Bertz CT molecular complexity index is 751. The van der Waals surface area contributed by atoms with Crippen LogP contribution in [-0.4, -0.2) is 25.3 Å². The Morgan fingerprint density at radius 1 is 1.36 bits per heavy atom. The van der Waals surface area contributed by atoms with Gasteiger partial charge in [0.25, 0.3) is 0 Å². The van der Waals surface area contributed by atoms with Gasteiger partial charge in [0, 0.05) is 12.6 Å². The molecule has 0 spiro atoms. The number of benzene rings is 1. The predicted molar refractivity (Wildman–Crippen MR) is 84.2 cm³/mol. The maximum absolute atomic E-state index is 12.3. The van der Waals surface area contributed by atoms with Crippen LogP contribution in [-0.2, 0) is 22.3 Å². The number of sulfonamides is 1. The summed E-state index contributed by atoms with van der Waals surface area (Å²) in [5.41, 5.74) is 0.681. The minimum Gasteiger partial charge on any atom is -0.497 e. The number of rotatable bonds is 7. The van der Waals surface area contributed by atoms with Crippen molar-refractivity contribution in [2.24, 2.45) is 5.92 Å². The molecule has 0 unspecified atom stereocenters. The summed E-state index contributed by atoms with van der Waals surface area (Å²) in [4.78, 5) is 0. The summed E-state index contributed by atoms with van der Waals surface area (Å²) in [5.74, 6) is 1.70. The Morgan fingerprint density at radius 2 is 2.18 bits per heavy atom. The topological polar surface area (TPSA) is 73.2 Å². The lowest BCUT2D eigenvalue weighted by Crippen LogP contribution is -2.18. The molecule has 22 heavy (non-hydrogen) atoms. The molecule has 0 bridgehead atoms. The molecule has 1 heterocycles. The van der Waals surface area contributed by atoms with Crippen LogP contribution in [0.15, 0.2) is 36.5 Å². The molecule has 0 amide bonds. The number of anilines is 1. The fourth-order valence-electron chi connectivity index (χ4n) is 2.29. The van der Waals surface area contributed by atoms with Gasteiger partial charge in [-0.05, 0) is 36.5 Å². The number of methoxy groups -OCH3 is 1. The SMILES string of the molecule is COc1cccc(CS(=O)(=O)Nc2ccnn2CC2CC2)c1. The van der Waals surface area contributed by atoms with Gasteiger partial charge in [-0.1, -0.05) is 12.1 Å². The zero-order valence-corrected chi connectivity index (χ0v) is 13.2. The molecule has 2 aromatic rings. The monoisotopic (exact) mass is 321 g/mol. The second-order valence-electron chi connectivity index (χ2n) is 5.55. The zero-order chi connectivity index (χ0) is 15.6. The Balaban J connectivity index is 1.71. The van der Waals surface area contributed by atoms with Crippen LogP contribution in [0.4, 0.5) is 5.82 Å². The second-order valence-corrected chi connectivity index (χ2v) is 7.28. The van der Waals surface area contributed by atoms with Gasteiger partial charge in [0.2, 0.25) is 10.0 Å². The Kier molecular flexibility index (Phi) is 4.06. The lowest BCUT2D eigenvalue weighted by Gasteiger charge is -2.11. The van der Waals surface area contributed by atoms with E-state index in [-0.39, 0.29) is 5.75 Å². The van der Waals surface area contributed by atoms with Crippen LogP contribution in [0.25, 0.3) is 0 Å². The van der Waals surface area contributed by atoms with Gasteiger partial charge >= 0.3 is 0 Å². The number of nitrogens with one attached hydrogen (secondary N) is 1. The van der Waals surface area contributed by atoms with E-state index in [4.69, 9.17) is 4.74 Å². The van der Waals surface area contributed by atoms with Crippen molar-refractivity contribution in [2.45, 2.75) is 25.1 Å². The fraction of sp³-hybridized carbons (Fsp3) is 0.400. The first-order chi connectivity index (χ1) is 10.6. The van der Waals surface area contributed by atoms with Crippen LogP contribution >= 0.6 is 0 Å². The van der Waals surface area contributed by atoms with E-state index >= 15 is 0 Å². The molecule has 1 N–H and O–H groups in total. The molecule has 7 heteroatoms. The fourth-order valence-corrected chi connectivity index (χ4v) is 3.47. The smallest absolute Gasteiger partial charge is 0.238 e. The van der Waals surface area contributed by atoms with E-state index in [1.165, 1.54) is 12.8 Å². The molecule has 0 radical (unpaired) electrons. The molecule has 1 aromatic carbocycles. The summed E-state index contributed by atoms with van der Waals surface area (Å²) in [7, 11) is -1.93. The van der Waals surface area contributed by atoms with Gasteiger partial charge in [-0.2, -0.15) is 5.10 Å². The molecule has 118 valence electrons. The van der Waals surface area contributed by atoms with Crippen molar-refractivity contribution in [1.82, 2.24) is 9.78 Å². The normalized spacial score (nSPS) is 14.8. The highest BCUT2D eigenvalue weighted by Crippen LogP contribution is 2.31. The molecule has 6 nitrogen and oxygen atoms in total. The van der Waals surface area contributed by atoms with E-state index < -0.39 is 10.0 Å². The summed E-state index contributed by atoms with van der Waals surface area (Å²) in [6, 6.07) is 8.74. The minimum atomic E-state index is -3.49. The molecule has 3 rings (SSSR count). The number of hydrogen-bond donors (Lipinski definition) is 1. The van der Waals surface area contributed by atoms with Gasteiger partial charge in [0.1, 0.15) is 11.6 Å². The van der Waals surface area contributed by atoms with E-state index in [9.17, 15) is 8.42 Å². The van der Waals surface area contributed by atoms with Gasteiger partial charge in [-0.3, -0.25) is 4.72 Å². The van der Waals surface area contributed by atoms with Crippen molar-refractivity contribution < 1.29 is 13.2 Å². The van der Waals surface area contributed by atoms with Crippen molar-refractivity contribution >= 4 is 15.8 Å². The van der Waals surface area contributed by atoms with Crippen LogP contribution < -0.4 is 9.46 Å². The highest BCUT2D eigenvalue weighted by molar-refractivity contribution is 7.91. The third-order valence-corrected chi connectivity index (χ3v) is 4.83. The highest BCUT2D eigenvalue weighted by Gasteiger charge is 2.24. The standard InChI is InChI=1S/C15H19N3O3S/c1-21-14-4-2-3-13(9-14)11-22(19,20)17-15-7-8-16-18(15)10-12-5-6-12/h2-4,7-9,12,17H,5-6,10-11H2,1H3. The molecule has 0 saturated heterocycles. The zero-order valence-electron chi connectivity index (χ0n) is 12.4. The number of ether oxygens (including phenoxy) is 1. The van der Waals surface area contributed by atoms with Gasteiger partial charge < -0.3 is 4.74 Å². The van der Waals surface area contributed by atoms with Crippen molar-refractivity contribution in [2.75, 3.05) is 11.8 Å². The lowest BCUT2D eigenvalue weighted by atomic mass is 10.2. The molecule has 0 aliphatic heterocycles. The van der Waals surface area contributed by atoms with Crippen molar-refractivity contribution in [3.63, 3.8) is 0 Å². The van der Waals surface area contributed by atoms with Crippen LogP contribution in [0.2, 0.25) is 0 Å². The molecule has 1 fully saturated rings. The maximum atomic E-state index is 12.3. The first kappa shape index (κ1) is 14.9. The van der Waals surface area contributed by atoms with Gasteiger partial charge in [0.05, 0.1) is 19.1 Å². The Labute approximate surface area is 130 Å². The maximum Gasteiger partial charge on any atom is 0.238 e. The van der Waals surface area contributed by atoms with Crippen molar-refractivity contribution in [3.05, 3.63) is 42.1 Å². The number of hydrogen-bond acceptors (Lipinski definition) is 4. The summed E-state index contributed by atoms with van der Waals surface area (Å²) >= 11 is 0. The average Bonchev–Trinajstić information content (AvgIpc) is 3.19. The predicted octanol–water partition coefficient (Wildman–Crippen LogP) is 2.24. The molecule has 1 aromatic heterocycles. The number of aromatic nitrogens is 2. The third-order valence-electron chi connectivity index (χ3n) is 3.60.